The van der Waals surface area contributed by atoms with Crippen LogP contribution in [0, 0.1) is 15.5 Å². The molecule has 9 nitrogen and oxygen atoms in total. The fraction of sp³-hybridized carbons (Fsp3) is 0.588. The van der Waals surface area contributed by atoms with Crippen molar-refractivity contribution >= 4 is 11.6 Å². The van der Waals surface area contributed by atoms with Gasteiger partial charge in [0, 0.05) is 12.6 Å². The summed E-state index contributed by atoms with van der Waals surface area (Å²) >= 11 is 0. The van der Waals surface area contributed by atoms with Gasteiger partial charge in [0.05, 0.1) is 32.4 Å². The number of aliphatic hydroxyl groups is 1. The minimum Gasteiger partial charge on any atom is -0.493 e. The summed E-state index contributed by atoms with van der Waals surface area (Å²) in [4.78, 5) is 23.4. The van der Waals surface area contributed by atoms with Gasteiger partial charge in [0.15, 0.2) is 5.75 Å². The maximum absolute atomic E-state index is 12.6. The molecule has 1 atom stereocenters. The molecule has 0 bridgehead atoms. The fourth-order valence-corrected chi connectivity index (χ4v) is 2.78. The smallest absolute Gasteiger partial charge is 0.327 e. The van der Waals surface area contributed by atoms with E-state index in [9.17, 15) is 20.0 Å². The Morgan fingerprint density at radius 2 is 1.85 bits per heavy atom. The number of nitro groups is 1. The van der Waals surface area contributed by atoms with Gasteiger partial charge < -0.3 is 24.6 Å². The molecule has 0 saturated heterocycles. The molecule has 0 saturated carbocycles. The van der Waals surface area contributed by atoms with Crippen LogP contribution in [0.25, 0.3) is 0 Å². The van der Waals surface area contributed by atoms with Gasteiger partial charge in [-0.1, -0.05) is 13.8 Å². The van der Waals surface area contributed by atoms with Gasteiger partial charge in [-0.3, -0.25) is 14.9 Å². The molecule has 0 aliphatic rings. The third kappa shape index (κ3) is 4.98. The lowest BCUT2D eigenvalue weighted by molar-refractivity contribution is -0.386. The van der Waals surface area contributed by atoms with Crippen LogP contribution in [0.2, 0.25) is 0 Å². The molecule has 0 radical (unpaired) electrons. The molecule has 146 valence electrons. The molecule has 9 heteroatoms. The molecule has 0 heterocycles. The molecule has 1 rings (SSSR count). The third-order valence-electron chi connectivity index (χ3n) is 3.81. The summed E-state index contributed by atoms with van der Waals surface area (Å²) < 4.78 is 15.4. The number of rotatable bonds is 9. The Morgan fingerprint density at radius 3 is 2.27 bits per heavy atom. The van der Waals surface area contributed by atoms with E-state index in [2.05, 4.69) is 5.32 Å². The van der Waals surface area contributed by atoms with Crippen molar-refractivity contribution in [3.8, 4) is 17.2 Å². The maximum Gasteiger partial charge on any atom is 0.327 e. The summed E-state index contributed by atoms with van der Waals surface area (Å²) in [5, 5.41) is 23.7. The molecular formula is C17H26N2O7. The predicted molar refractivity (Wildman–Crippen MR) is 95.2 cm³/mol. The highest BCUT2D eigenvalue weighted by Crippen LogP contribution is 2.46. The number of nitro benzene ring substituents is 1. The van der Waals surface area contributed by atoms with Crippen molar-refractivity contribution in [2.75, 3.05) is 27.9 Å². The SMILES string of the molecule is COc1cc(C(=O)NCC(C)(C)C[C@H](C)O)c([N+](=O)[O-])c(OC)c1OC. The van der Waals surface area contributed by atoms with E-state index in [0.29, 0.717) is 6.42 Å². The van der Waals surface area contributed by atoms with Gasteiger partial charge in [-0.15, -0.1) is 0 Å². The molecule has 1 amide bonds. The van der Waals surface area contributed by atoms with Crippen LogP contribution < -0.4 is 19.5 Å². The van der Waals surface area contributed by atoms with Crippen LogP contribution in [0.3, 0.4) is 0 Å². The lowest BCUT2D eigenvalue weighted by Gasteiger charge is -2.26. The second-order valence-corrected chi connectivity index (χ2v) is 6.70. The highest BCUT2D eigenvalue weighted by Gasteiger charge is 2.33. The second kappa shape index (κ2) is 8.70. The largest absolute Gasteiger partial charge is 0.493 e. The summed E-state index contributed by atoms with van der Waals surface area (Å²) in [7, 11) is 3.93. The molecule has 1 aromatic rings. The minimum atomic E-state index is -0.698. The van der Waals surface area contributed by atoms with Gasteiger partial charge in [0.25, 0.3) is 5.91 Å². The average molecular weight is 370 g/mol. The number of nitrogens with one attached hydrogen (secondary N) is 1. The van der Waals surface area contributed by atoms with Gasteiger partial charge >= 0.3 is 5.69 Å². The number of nitrogens with zero attached hydrogens (tertiary/aromatic N) is 1. The normalized spacial score (nSPS) is 12.3. The topological polar surface area (TPSA) is 120 Å². The lowest BCUT2D eigenvalue weighted by Crippen LogP contribution is -2.36. The van der Waals surface area contributed by atoms with Gasteiger partial charge in [-0.2, -0.15) is 0 Å². The Balaban J connectivity index is 3.29. The third-order valence-corrected chi connectivity index (χ3v) is 3.81. The van der Waals surface area contributed by atoms with Crippen LogP contribution in [0.15, 0.2) is 6.07 Å². The standard InChI is InChI=1S/C17H26N2O7/c1-10(20)8-17(2,3)9-18-16(21)11-7-12(24-4)14(25-5)15(26-6)13(11)19(22)23/h7,10,20H,8-9H2,1-6H3,(H,18,21)/t10-/m0/s1. The first-order valence-corrected chi connectivity index (χ1v) is 8.01. The lowest BCUT2D eigenvalue weighted by atomic mass is 9.87. The van der Waals surface area contributed by atoms with E-state index in [0.717, 1.165) is 0 Å². The van der Waals surface area contributed by atoms with Gasteiger partial charge in [0.1, 0.15) is 5.56 Å². The number of hydrogen-bond acceptors (Lipinski definition) is 7. The first kappa shape index (κ1) is 21.5. The van der Waals surface area contributed by atoms with Gasteiger partial charge in [-0.25, -0.2) is 0 Å². The van der Waals surface area contributed by atoms with E-state index >= 15 is 0 Å². The minimum absolute atomic E-state index is 0.0349. The van der Waals surface area contributed by atoms with Crippen molar-refractivity contribution in [3.63, 3.8) is 0 Å². The number of methoxy groups -OCH3 is 3. The molecule has 2 N–H and O–H groups in total. The summed E-state index contributed by atoms with van der Waals surface area (Å²) in [6.45, 7) is 5.64. The first-order chi connectivity index (χ1) is 12.1. The molecule has 0 aliphatic heterocycles. The van der Waals surface area contributed by atoms with Crippen molar-refractivity contribution in [2.24, 2.45) is 5.41 Å². The highest BCUT2D eigenvalue weighted by atomic mass is 16.6. The average Bonchev–Trinajstić information content (AvgIpc) is 2.56. The quantitative estimate of drug-likeness (QED) is 0.505. The Labute approximate surface area is 152 Å². The zero-order valence-corrected chi connectivity index (χ0v) is 15.9. The van der Waals surface area contributed by atoms with Crippen molar-refractivity contribution < 1.29 is 29.0 Å². The van der Waals surface area contributed by atoms with E-state index in [4.69, 9.17) is 14.2 Å². The van der Waals surface area contributed by atoms with Crippen LogP contribution in [-0.4, -0.2) is 49.9 Å². The summed E-state index contributed by atoms with van der Waals surface area (Å²) in [5.41, 5.74) is -1.09. The maximum atomic E-state index is 12.6. The fourth-order valence-electron chi connectivity index (χ4n) is 2.78. The molecule has 1 aromatic carbocycles. The zero-order chi connectivity index (χ0) is 20.1. The number of amides is 1. The van der Waals surface area contributed by atoms with Crippen LogP contribution in [0.1, 0.15) is 37.6 Å². The van der Waals surface area contributed by atoms with Crippen molar-refractivity contribution in [1.29, 1.82) is 0 Å². The van der Waals surface area contributed by atoms with Crippen molar-refractivity contribution in [3.05, 3.63) is 21.7 Å². The molecule has 0 fully saturated rings. The van der Waals surface area contributed by atoms with Crippen molar-refractivity contribution in [1.82, 2.24) is 5.32 Å². The molecule has 0 aromatic heterocycles. The molecule has 0 aliphatic carbocycles. The molecule has 0 unspecified atom stereocenters. The second-order valence-electron chi connectivity index (χ2n) is 6.70. The van der Waals surface area contributed by atoms with Crippen molar-refractivity contribution in [2.45, 2.75) is 33.3 Å². The number of benzene rings is 1. The summed E-state index contributed by atoms with van der Waals surface area (Å²) in [6.07, 6.45) is -0.0672. The van der Waals surface area contributed by atoms with Crippen LogP contribution in [-0.2, 0) is 0 Å². The van der Waals surface area contributed by atoms with Crippen LogP contribution >= 0.6 is 0 Å². The van der Waals surface area contributed by atoms with E-state index in [1.807, 2.05) is 13.8 Å². The van der Waals surface area contributed by atoms with Crippen LogP contribution in [0.4, 0.5) is 5.69 Å². The molecular weight excluding hydrogens is 344 g/mol. The number of carbonyl (C=O) groups excluding carboxylic acids is 1. The van der Waals surface area contributed by atoms with E-state index < -0.39 is 22.6 Å². The van der Waals surface area contributed by atoms with Gasteiger partial charge in [0.2, 0.25) is 11.5 Å². The van der Waals surface area contributed by atoms with Crippen LogP contribution in [0.5, 0.6) is 17.2 Å². The van der Waals surface area contributed by atoms with E-state index in [1.165, 1.54) is 27.4 Å². The predicted octanol–water partition coefficient (Wildman–Crippen LogP) is 2.15. The number of aliphatic hydroxyl groups excluding tert-OH is 1. The highest BCUT2D eigenvalue weighted by molar-refractivity contribution is 6.00. The number of hydrogen-bond donors (Lipinski definition) is 2. The number of carbonyl (C=O) groups is 1. The monoisotopic (exact) mass is 370 g/mol. The Bertz CT molecular complexity index is 672. The summed E-state index contributed by atoms with van der Waals surface area (Å²) in [5.74, 6) is -0.657. The molecule has 26 heavy (non-hydrogen) atoms. The first-order valence-electron chi connectivity index (χ1n) is 8.01. The van der Waals surface area contributed by atoms with Gasteiger partial charge in [-0.05, 0) is 18.8 Å². The number of ether oxygens (including phenoxy) is 3. The zero-order valence-electron chi connectivity index (χ0n) is 15.9. The van der Waals surface area contributed by atoms with E-state index in [1.54, 1.807) is 6.92 Å². The Hall–Kier alpha value is -2.55. The Kier molecular flexibility index (Phi) is 7.19. The van der Waals surface area contributed by atoms with E-state index in [-0.39, 0.29) is 34.8 Å². The summed E-state index contributed by atoms with van der Waals surface area (Å²) in [6, 6.07) is 1.25. The molecule has 0 spiro atoms. The Morgan fingerprint density at radius 1 is 1.27 bits per heavy atom.